The van der Waals surface area contributed by atoms with Crippen molar-refractivity contribution in [1.82, 2.24) is 5.32 Å². The molecule has 2 unspecified atom stereocenters. The summed E-state index contributed by atoms with van der Waals surface area (Å²) in [6.07, 6.45) is 7.60. The van der Waals surface area contributed by atoms with Gasteiger partial charge in [0.25, 0.3) is 0 Å². The van der Waals surface area contributed by atoms with Crippen LogP contribution in [0.3, 0.4) is 0 Å². The van der Waals surface area contributed by atoms with E-state index in [1.807, 2.05) is 6.07 Å². The van der Waals surface area contributed by atoms with Crippen LogP contribution < -0.4 is 5.32 Å². The van der Waals surface area contributed by atoms with Gasteiger partial charge in [0.1, 0.15) is 5.82 Å². The highest BCUT2D eigenvalue weighted by Crippen LogP contribution is 2.33. The summed E-state index contributed by atoms with van der Waals surface area (Å²) in [4.78, 5) is 0. The van der Waals surface area contributed by atoms with E-state index in [-0.39, 0.29) is 5.82 Å². The van der Waals surface area contributed by atoms with E-state index in [4.69, 9.17) is 0 Å². The molecule has 112 valence electrons. The summed E-state index contributed by atoms with van der Waals surface area (Å²) in [5.41, 5.74) is 1.12. The lowest BCUT2D eigenvalue weighted by Crippen LogP contribution is -2.28. The van der Waals surface area contributed by atoms with Crippen molar-refractivity contribution in [3.05, 3.63) is 34.1 Å². The number of hydrogen-bond donors (Lipinski definition) is 1. The topological polar surface area (TPSA) is 12.0 Å². The number of halogens is 2. The van der Waals surface area contributed by atoms with Crippen LogP contribution >= 0.6 is 15.9 Å². The van der Waals surface area contributed by atoms with Crippen molar-refractivity contribution in [2.75, 3.05) is 13.1 Å². The van der Waals surface area contributed by atoms with Crippen LogP contribution in [0.1, 0.15) is 44.6 Å². The third-order valence-corrected chi connectivity index (χ3v) is 5.37. The van der Waals surface area contributed by atoms with E-state index in [2.05, 4.69) is 34.2 Å². The SMILES string of the molecule is CCNCC1CCCCCC1Cc1cccc(F)c1Br. The Balaban J connectivity index is 2.08. The Labute approximate surface area is 130 Å². The molecular formula is C17H25BrFN. The van der Waals surface area contributed by atoms with Gasteiger partial charge in [0.15, 0.2) is 0 Å². The molecule has 0 amide bonds. The lowest BCUT2D eigenvalue weighted by molar-refractivity contribution is 0.299. The molecule has 0 aromatic heterocycles. The molecule has 20 heavy (non-hydrogen) atoms. The average molecular weight is 342 g/mol. The molecule has 1 fully saturated rings. The van der Waals surface area contributed by atoms with Crippen molar-refractivity contribution in [3.8, 4) is 0 Å². The third-order valence-electron chi connectivity index (χ3n) is 4.49. The Kier molecular flexibility index (Phi) is 6.50. The monoisotopic (exact) mass is 341 g/mol. The minimum absolute atomic E-state index is 0.139. The molecule has 0 heterocycles. The number of rotatable bonds is 5. The van der Waals surface area contributed by atoms with Gasteiger partial charge in [0.05, 0.1) is 4.47 Å². The first-order chi connectivity index (χ1) is 9.72. The van der Waals surface area contributed by atoms with Gasteiger partial charge in [-0.3, -0.25) is 0 Å². The smallest absolute Gasteiger partial charge is 0.137 e. The molecule has 3 heteroatoms. The molecule has 1 saturated carbocycles. The standard InChI is InChI=1S/C17H25BrFN/c1-2-20-12-15-8-5-3-4-7-13(15)11-14-9-6-10-16(19)17(14)18/h6,9-10,13,15,20H,2-5,7-8,11-12H2,1H3. The minimum Gasteiger partial charge on any atom is -0.317 e. The van der Waals surface area contributed by atoms with Gasteiger partial charge in [-0.2, -0.15) is 0 Å². The first-order valence-corrected chi connectivity index (χ1v) is 8.65. The fraction of sp³-hybridized carbons (Fsp3) is 0.647. The third kappa shape index (κ3) is 4.29. The molecule has 0 aliphatic heterocycles. The van der Waals surface area contributed by atoms with Crippen LogP contribution in [0.15, 0.2) is 22.7 Å². The number of hydrogen-bond acceptors (Lipinski definition) is 1. The van der Waals surface area contributed by atoms with Crippen LogP contribution in [0.5, 0.6) is 0 Å². The van der Waals surface area contributed by atoms with E-state index < -0.39 is 0 Å². The quantitative estimate of drug-likeness (QED) is 0.748. The molecule has 2 rings (SSSR count). The van der Waals surface area contributed by atoms with Gasteiger partial charge in [0, 0.05) is 0 Å². The second kappa shape index (κ2) is 8.14. The van der Waals surface area contributed by atoms with Crippen LogP contribution in [-0.2, 0) is 6.42 Å². The van der Waals surface area contributed by atoms with Crippen molar-refractivity contribution in [2.45, 2.75) is 45.4 Å². The Hall–Kier alpha value is -0.410. The number of nitrogens with one attached hydrogen (secondary N) is 1. The van der Waals surface area contributed by atoms with Crippen molar-refractivity contribution < 1.29 is 4.39 Å². The predicted octanol–water partition coefficient (Wildman–Crippen LogP) is 4.94. The fourth-order valence-electron chi connectivity index (χ4n) is 3.32. The van der Waals surface area contributed by atoms with Crippen molar-refractivity contribution in [2.24, 2.45) is 11.8 Å². The highest BCUT2D eigenvalue weighted by atomic mass is 79.9. The van der Waals surface area contributed by atoms with Crippen LogP contribution in [0, 0.1) is 17.7 Å². The Morgan fingerprint density at radius 3 is 2.70 bits per heavy atom. The number of benzene rings is 1. The Morgan fingerprint density at radius 2 is 1.95 bits per heavy atom. The fourth-order valence-corrected chi connectivity index (χ4v) is 3.74. The van der Waals surface area contributed by atoms with Gasteiger partial charge in [-0.15, -0.1) is 0 Å². The molecule has 0 bridgehead atoms. The average Bonchev–Trinajstić information content (AvgIpc) is 2.67. The van der Waals surface area contributed by atoms with Crippen LogP contribution in [0.25, 0.3) is 0 Å². The highest BCUT2D eigenvalue weighted by Gasteiger charge is 2.24. The molecule has 1 aromatic carbocycles. The highest BCUT2D eigenvalue weighted by molar-refractivity contribution is 9.10. The zero-order chi connectivity index (χ0) is 14.4. The van der Waals surface area contributed by atoms with E-state index in [1.165, 1.54) is 38.2 Å². The Bertz CT molecular complexity index is 421. The summed E-state index contributed by atoms with van der Waals surface area (Å²) in [5.74, 6) is 1.27. The lowest BCUT2D eigenvalue weighted by atomic mass is 9.83. The maximum atomic E-state index is 13.7. The summed E-state index contributed by atoms with van der Waals surface area (Å²) in [6.45, 7) is 4.30. The van der Waals surface area contributed by atoms with Crippen molar-refractivity contribution in [1.29, 1.82) is 0 Å². The summed E-state index contributed by atoms with van der Waals surface area (Å²) in [5, 5.41) is 3.50. The summed E-state index contributed by atoms with van der Waals surface area (Å²) in [6, 6.07) is 5.41. The van der Waals surface area contributed by atoms with E-state index in [0.29, 0.717) is 10.4 Å². The van der Waals surface area contributed by atoms with Gasteiger partial charge in [-0.1, -0.05) is 38.3 Å². The normalized spacial score (nSPS) is 23.6. The molecule has 0 saturated heterocycles. The zero-order valence-corrected chi connectivity index (χ0v) is 13.9. The van der Waals surface area contributed by atoms with Gasteiger partial charge in [-0.05, 0) is 71.7 Å². The van der Waals surface area contributed by atoms with Crippen LogP contribution in [-0.4, -0.2) is 13.1 Å². The Morgan fingerprint density at radius 1 is 1.20 bits per heavy atom. The van der Waals surface area contributed by atoms with Crippen LogP contribution in [0.4, 0.5) is 4.39 Å². The molecule has 1 aliphatic carbocycles. The van der Waals surface area contributed by atoms with E-state index in [1.54, 1.807) is 0 Å². The lowest BCUT2D eigenvalue weighted by Gasteiger charge is -2.26. The maximum Gasteiger partial charge on any atom is 0.137 e. The molecule has 1 N–H and O–H groups in total. The second-order valence-corrected chi connectivity index (χ2v) is 6.68. The molecule has 2 atom stereocenters. The molecule has 1 aliphatic rings. The minimum atomic E-state index is -0.139. The molecular weight excluding hydrogens is 317 g/mol. The van der Waals surface area contributed by atoms with E-state index in [9.17, 15) is 4.39 Å². The van der Waals surface area contributed by atoms with E-state index >= 15 is 0 Å². The van der Waals surface area contributed by atoms with Gasteiger partial charge < -0.3 is 5.32 Å². The molecule has 0 spiro atoms. The molecule has 0 radical (unpaired) electrons. The van der Waals surface area contributed by atoms with Crippen molar-refractivity contribution >= 4 is 15.9 Å². The maximum absolute atomic E-state index is 13.7. The summed E-state index contributed by atoms with van der Waals surface area (Å²) in [7, 11) is 0. The molecule has 1 aromatic rings. The summed E-state index contributed by atoms with van der Waals surface area (Å²) >= 11 is 3.41. The largest absolute Gasteiger partial charge is 0.317 e. The van der Waals surface area contributed by atoms with Gasteiger partial charge in [-0.25, -0.2) is 4.39 Å². The zero-order valence-electron chi connectivity index (χ0n) is 12.3. The first kappa shape index (κ1) is 16.0. The second-order valence-electron chi connectivity index (χ2n) is 5.88. The van der Waals surface area contributed by atoms with Gasteiger partial charge >= 0.3 is 0 Å². The van der Waals surface area contributed by atoms with Crippen LogP contribution in [0.2, 0.25) is 0 Å². The predicted molar refractivity (Wildman–Crippen MR) is 86.4 cm³/mol. The first-order valence-electron chi connectivity index (χ1n) is 7.86. The molecule has 1 nitrogen and oxygen atoms in total. The summed E-state index contributed by atoms with van der Waals surface area (Å²) < 4.78 is 14.3. The van der Waals surface area contributed by atoms with Crippen molar-refractivity contribution in [3.63, 3.8) is 0 Å². The van der Waals surface area contributed by atoms with E-state index in [0.717, 1.165) is 31.0 Å². The van der Waals surface area contributed by atoms with Gasteiger partial charge in [0.2, 0.25) is 0 Å².